The monoisotopic (exact) mass is 184 g/mol. The van der Waals surface area contributed by atoms with Gasteiger partial charge in [-0.2, -0.15) is 0 Å². The number of nitrogens with one attached hydrogen (secondary N) is 2. The van der Waals surface area contributed by atoms with E-state index in [4.69, 9.17) is 0 Å². The molecule has 13 heavy (non-hydrogen) atoms. The Morgan fingerprint density at radius 3 is 2.38 bits per heavy atom. The first-order valence-corrected chi connectivity index (χ1v) is 4.96. The van der Waals surface area contributed by atoms with Gasteiger partial charge in [-0.25, -0.2) is 0 Å². The van der Waals surface area contributed by atoms with Gasteiger partial charge in [0.2, 0.25) is 5.91 Å². The van der Waals surface area contributed by atoms with Gasteiger partial charge in [0.1, 0.15) is 0 Å². The summed E-state index contributed by atoms with van der Waals surface area (Å²) in [5.74, 6) is 0.813. The van der Waals surface area contributed by atoms with E-state index in [1.165, 1.54) is 12.8 Å². The van der Waals surface area contributed by atoms with Gasteiger partial charge in [-0.3, -0.25) is 4.79 Å². The number of likely N-dealkylation sites (N-methyl/N-ethyl adjacent to an activating group) is 1. The molecule has 2 N–H and O–H groups in total. The van der Waals surface area contributed by atoms with E-state index in [2.05, 4.69) is 24.5 Å². The minimum Gasteiger partial charge on any atom is -0.358 e. The maximum absolute atomic E-state index is 11.3. The van der Waals surface area contributed by atoms with Crippen molar-refractivity contribution in [2.75, 3.05) is 7.05 Å². The van der Waals surface area contributed by atoms with Crippen molar-refractivity contribution < 1.29 is 4.79 Å². The lowest BCUT2D eigenvalue weighted by atomic mass is 9.97. The Morgan fingerprint density at radius 2 is 2.00 bits per heavy atom. The van der Waals surface area contributed by atoms with Crippen LogP contribution in [0.3, 0.4) is 0 Å². The average Bonchev–Trinajstić information content (AvgIpc) is 2.84. The van der Waals surface area contributed by atoms with Crippen LogP contribution in [0.2, 0.25) is 0 Å². The molecule has 0 aromatic heterocycles. The Bertz CT molecular complexity index is 197. The molecule has 0 bridgehead atoms. The van der Waals surface area contributed by atoms with Crippen molar-refractivity contribution in [1.82, 2.24) is 10.6 Å². The third-order valence-electron chi connectivity index (χ3n) is 2.83. The molecule has 0 heterocycles. The van der Waals surface area contributed by atoms with Gasteiger partial charge in [-0.15, -0.1) is 0 Å². The quantitative estimate of drug-likeness (QED) is 0.681. The molecule has 1 saturated carbocycles. The van der Waals surface area contributed by atoms with Crippen LogP contribution in [0.15, 0.2) is 0 Å². The molecule has 0 aromatic rings. The van der Waals surface area contributed by atoms with Gasteiger partial charge in [0.05, 0.1) is 6.04 Å². The molecule has 3 nitrogen and oxygen atoms in total. The smallest absolute Gasteiger partial charge is 0.236 e. The standard InChI is InChI=1S/C10H20N2O/c1-7(9(13)11-4)12-10(2,3)8-5-6-8/h7-8,12H,5-6H2,1-4H3,(H,11,13). The van der Waals surface area contributed by atoms with E-state index in [-0.39, 0.29) is 17.5 Å². The van der Waals surface area contributed by atoms with Crippen LogP contribution in [0, 0.1) is 5.92 Å². The second kappa shape index (κ2) is 3.66. The van der Waals surface area contributed by atoms with Crippen molar-refractivity contribution in [3.63, 3.8) is 0 Å². The molecule has 76 valence electrons. The molecule has 1 aliphatic carbocycles. The maximum atomic E-state index is 11.3. The van der Waals surface area contributed by atoms with Crippen molar-refractivity contribution in [1.29, 1.82) is 0 Å². The first kappa shape index (κ1) is 10.5. The fourth-order valence-corrected chi connectivity index (χ4v) is 1.76. The summed E-state index contributed by atoms with van der Waals surface area (Å²) in [7, 11) is 1.67. The molecule has 0 aliphatic heterocycles. The molecule has 0 saturated heterocycles. The van der Waals surface area contributed by atoms with Crippen LogP contribution in [-0.2, 0) is 4.79 Å². The Balaban J connectivity index is 2.41. The number of carbonyl (C=O) groups excluding carboxylic acids is 1. The molecule has 1 fully saturated rings. The zero-order chi connectivity index (χ0) is 10.1. The third-order valence-corrected chi connectivity index (χ3v) is 2.83. The number of hydrogen-bond acceptors (Lipinski definition) is 2. The van der Waals surface area contributed by atoms with E-state index in [0.29, 0.717) is 0 Å². The molecule has 1 rings (SSSR count). The average molecular weight is 184 g/mol. The topological polar surface area (TPSA) is 41.1 Å². The van der Waals surface area contributed by atoms with Crippen molar-refractivity contribution in [3.8, 4) is 0 Å². The van der Waals surface area contributed by atoms with Gasteiger partial charge in [-0.05, 0) is 39.5 Å². The molecular formula is C10H20N2O. The van der Waals surface area contributed by atoms with E-state index < -0.39 is 0 Å². The predicted octanol–water partition coefficient (Wildman–Crippen LogP) is 0.899. The van der Waals surface area contributed by atoms with Crippen LogP contribution >= 0.6 is 0 Å². The molecule has 3 heteroatoms. The lowest BCUT2D eigenvalue weighted by Crippen LogP contribution is -2.52. The molecule has 1 atom stereocenters. The second-order valence-electron chi connectivity index (χ2n) is 4.48. The van der Waals surface area contributed by atoms with Gasteiger partial charge < -0.3 is 10.6 Å². The molecule has 1 amide bonds. The Morgan fingerprint density at radius 1 is 1.46 bits per heavy atom. The molecule has 0 spiro atoms. The molecular weight excluding hydrogens is 164 g/mol. The van der Waals surface area contributed by atoms with Gasteiger partial charge in [0, 0.05) is 12.6 Å². The van der Waals surface area contributed by atoms with E-state index in [0.717, 1.165) is 5.92 Å². The zero-order valence-electron chi connectivity index (χ0n) is 8.98. The summed E-state index contributed by atoms with van der Waals surface area (Å²) in [5.41, 5.74) is 0.103. The number of amides is 1. The number of carbonyl (C=O) groups is 1. The highest BCUT2D eigenvalue weighted by molar-refractivity contribution is 5.81. The molecule has 1 unspecified atom stereocenters. The summed E-state index contributed by atoms with van der Waals surface area (Å²) < 4.78 is 0. The Labute approximate surface area is 80.3 Å². The first-order valence-electron chi connectivity index (χ1n) is 4.96. The van der Waals surface area contributed by atoms with Crippen molar-refractivity contribution in [3.05, 3.63) is 0 Å². The van der Waals surface area contributed by atoms with Gasteiger partial charge in [-0.1, -0.05) is 0 Å². The number of hydrogen-bond donors (Lipinski definition) is 2. The fraction of sp³-hybridized carbons (Fsp3) is 0.900. The van der Waals surface area contributed by atoms with Gasteiger partial charge in [0.25, 0.3) is 0 Å². The number of rotatable bonds is 4. The van der Waals surface area contributed by atoms with Gasteiger partial charge in [0.15, 0.2) is 0 Å². The summed E-state index contributed by atoms with van der Waals surface area (Å²) >= 11 is 0. The molecule has 0 aromatic carbocycles. The van der Waals surface area contributed by atoms with Crippen molar-refractivity contribution >= 4 is 5.91 Å². The lowest BCUT2D eigenvalue weighted by Gasteiger charge is -2.29. The van der Waals surface area contributed by atoms with Crippen molar-refractivity contribution in [2.24, 2.45) is 5.92 Å². The summed E-state index contributed by atoms with van der Waals surface area (Å²) in [4.78, 5) is 11.3. The minimum atomic E-state index is -0.0967. The van der Waals surface area contributed by atoms with E-state index >= 15 is 0 Å². The molecule has 1 aliphatic rings. The summed E-state index contributed by atoms with van der Waals surface area (Å²) in [6.45, 7) is 6.25. The van der Waals surface area contributed by atoms with Crippen LogP contribution in [0.1, 0.15) is 33.6 Å². The first-order chi connectivity index (χ1) is 5.97. The van der Waals surface area contributed by atoms with Gasteiger partial charge >= 0.3 is 0 Å². The van der Waals surface area contributed by atoms with Crippen LogP contribution in [0.5, 0.6) is 0 Å². The second-order valence-corrected chi connectivity index (χ2v) is 4.48. The highest BCUT2D eigenvalue weighted by Crippen LogP contribution is 2.39. The van der Waals surface area contributed by atoms with Crippen LogP contribution in [0.25, 0.3) is 0 Å². The SMILES string of the molecule is CNC(=O)C(C)NC(C)(C)C1CC1. The van der Waals surface area contributed by atoms with Crippen LogP contribution in [-0.4, -0.2) is 24.5 Å². The highest BCUT2D eigenvalue weighted by Gasteiger charge is 2.38. The minimum absolute atomic E-state index is 0.0636. The van der Waals surface area contributed by atoms with E-state index in [1.807, 2.05) is 6.92 Å². The van der Waals surface area contributed by atoms with Crippen LogP contribution < -0.4 is 10.6 Å². The summed E-state index contributed by atoms with van der Waals surface area (Å²) in [6.07, 6.45) is 2.58. The summed E-state index contributed by atoms with van der Waals surface area (Å²) in [5, 5.41) is 6.00. The summed E-state index contributed by atoms with van der Waals surface area (Å²) in [6, 6.07) is -0.0967. The highest BCUT2D eigenvalue weighted by atomic mass is 16.2. The Kier molecular flexibility index (Phi) is 2.96. The Hall–Kier alpha value is -0.570. The zero-order valence-corrected chi connectivity index (χ0v) is 8.98. The maximum Gasteiger partial charge on any atom is 0.236 e. The van der Waals surface area contributed by atoms with Crippen LogP contribution in [0.4, 0.5) is 0 Å². The van der Waals surface area contributed by atoms with Crippen molar-refractivity contribution in [2.45, 2.75) is 45.2 Å². The largest absolute Gasteiger partial charge is 0.358 e. The van der Waals surface area contributed by atoms with E-state index in [1.54, 1.807) is 7.05 Å². The molecule has 0 radical (unpaired) electrons. The lowest BCUT2D eigenvalue weighted by molar-refractivity contribution is -0.122. The predicted molar refractivity (Wildman–Crippen MR) is 53.5 cm³/mol. The van der Waals surface area contributed by atoms with E-state index in [9.17, 15) is 4.79 Å². The third kappa shape index (κ3) is 2.69. The fourth-order valence-electron chi connectivity index (χ4n) is 1.76. The normalized spacial score (nSPS) is 19.7.